The first kappa shape index (κ1) is 13.1. The minimum absolute atomic E-state index is 0.457. The van der Waals surface area contributed by atoms with Crippen molar-refractivity contribution >= 4 is 0 Å². The van der Waals surface area contributed by atoms with Crippen LogP contribution >= 0.6 is 0 Å². The summed E-state index contributed by atoms with van der Waals surface area (Å²) >= 11 is 0. The molecule has 0 N–H and O–H groups in total. The molecule has 0 bridgehead atoms. The van der Waals surface area contributed by atoms with E-state index in [1.165, 1.54) is 19.3 Å². The topological polar surface area (TPSA) is 0 Å². The highest BCUT2D eigenvalue weighted by molar-refractivity contribution is 4.94. The molecule has 0 spiro atoms. The van der Waals surface area contributed by atoms with Gasteiger partial charge in [0.15, 0.2) is 0 Å². The Labute approximate surface area is 96.8 Å². The van der Waals surface area contributed by atoms with E-state index >= 15 is 0 Å². The van der Waals surface area contributed by atoms with Crippen LogP contribution in [0.25, 0.3) is 0 Å². The predicted octanol–water partition coefficient (Wildman–Crippen LogP) is 5.13. The minimum Gasteiger partial charge on any atom is -0.0623 e. The van der Waals surface area contributed by atoms with Gasteiger partial charge in [-0.15, -0.1) is 0 Å². The zero-order chi connectivity index (χ0) is 11.9. The van der Waals surface area contributed by atoms with Crippen LogP contribution in [0, 0.1) is 28.6 Å². The summed E-state index contributed by atoms with van der Waals surface area (Å²) in [5, 5.41) is 0. The van der Waals surface area contributed by atoms with Crippen LogP contribution in [-0.4, -0.2) is 0 Å². The lowest BCUT2D eigenvalue weighted by molar-refractivity contribution is -0.0207. The lowest BCUT2D eigenvalue weighted by atomic mass is 9.54. The van der Waals surface area contributed by atoms with Crippen LogP contribution in [0.1, 0.15) is 67.7 Å². The summed E-state index contributed by atoms with van der Waals surface area (Å²) in [6.07, 6.45) is 4.39. The molecule has 0 aromatic rings. The maximum absolute atomic E-state index is 2.49. The average molecular weight is 210 g/mol. The molecule has 1 atom stereocenters. The van der Waals surface area contributed by atoms with Crippen LogP contribution in [0.15, 0.2) is 0 Å². The monoisotopic (exact) mass is 210 g/mol. The third-order valence-electron chi connectivity index (χ3n) is 5.88. The molecule has 0 heteroatoms. The van der Waals surface area contributed by atoms with Gasteiger partial charge in [0.05, 0.1) is 0 Å². The molecule has 1 unspecified atom stereocenters. The van der Waals surface area contributed by atoms with Crippen molar-refractivity contribution in [1.29, 1.82) is 0 Å². The molecule has 0 heterocycles. The van der Waals surface area contributed by atoms with Gasteiger partial charge in [0, 0.05) is 0 Å². The average Bonchev–Trinajstić information content (AvgIpc) is 1.98. The van der Waals surface area contributed by atoms with E-state index in [9.17, 15) is 0 Å². The molecular weight excluding hydrogens is 180 g/mol. The highest BCUT2D eigenvalue weighted by Gasteiger charge is 2.44. The van der Waals surface area contributed by atoms with Gasteiger partial charge in [-0.1, -0.05) is 54.9 Å². The van der Waals surface area contributed by atoms with Crippen molar-refractivity contribution in [3.8, 4) is 0 Å². The van der Waals surface area contributed by atoms with Crippen molar-refractivity contribution < 1.29 is 0 Å². The molecule has 1 aliphatic rings. The van der Waals surface area contributed by atoms with Crippen LogP contribution < -0.4 is 0 Å². The Hall–Kier alpha value is 0. The molecule has 0 nitrogen and oxygen atoms in total. The van der Waals surface area contributed by atoms with Gasteiger partial charge in [0.1, 0.15) is 0 Å². The second-order valence-electron chi connectivity index (χ2n) is 7.15. The van der Waals surface area contributed by atoms with E-state index < -0.39 is 0 Å². The molecule has 0 aromatic heterocycles. The third kappa shape index (κ3) is 2.24. The van der Waals surface area contributed by atoms with Crippen molar-refractivity contribution in [3.05, 3.63) is 0 Å². The van der Waals surface area contributed by atoms with Gasteiger partial charge in [0.2, 0.25) is 0 Å². The summed E-state index contributed by atoms with van der Waals surface area (Å²) in [6.45, 7) is 17.1. The van der Waals surface area contributed by atoms with E-state index in [2.05, 4.69) is 48.5 Å². The third-order valence-corrected chi connectivity index (χ3v) is 5.88. The summed E-state index contributed by atoms with van der Waals surface area (Å²) in [5.74, 6) is 2.55. The summed E-state index contributed by atoms with van der Waals surface area (Å²) in [5.41, 5.74) is 0.977. The Morgan fingerprint density at radius 1 is 0.933 bits per heavy atom. The van der Waals surface area contributed by atoms with Crippen LogP contribution in [0.5, 0.6) is 0 Å². The fourth-order valence-corrected chi connectivity index (χ4v) is 2.96. The normalized spacial score (nSPS) is 21.6. The molecule has 0 radical (unpaired) electrons. The van der Waals surface area contributed by atoms with E-state index in [0.29, 0.717) is 10.8 Å². The molecule has 1 aliphatic carbocycles. The molecule has 0 aliphatic heterocycles. The lowest BCUT2D eigenvalue weighted by Gasteiger charge is -2.51. The van der Waals surface area contributed by atoms with Crippen molar-refractivity contribution in [2.24, 2.45) is 28.6 Å². The largest absolute Gasteiger partial charge is 0.0623 e. The van der Waals surface area contributed by atoms with Gasteiger partial charge >= 0.3 is 0 Å². The first-order chi connectivity index (χ1) is 6.70. The Bertz CT molecular complexity index is 206. The highest BCUT2D eigenvalue weighted by Crippen LogP contribution is 2.53. The van der Waals surface area contributed by atoms with Crippen molar-refractivity contribution in [3.63, 3.8) is 0 Å². The van der Waals surface area contributed by atoms with E-state index in [0.717, 1.165) is 17.8 Å². The van der Waals surface area contributed by atoms with Crippen LogP contribution in [0.3, 0.4) is 0 Å². The Morgan fingerprint density at radius 2 is 1.40 bits per heavy atom. The second-order valence-corrected chi connectivity index (χ2v) is 7.15. The Morgan fingerprint density at radius 3 is 1.67 bits per heavy atom. The zero-order valence-corrected chi connectivity index (χ0v) is 11.9. The van der Waals surface area contributed by atoms with E-state index in [1.54, 1.807) is 0 Å². The number of hydrogen-bond donors (Lipinski definition) is 0. The van der Waals surface area contributed by atoms with Crippen LogP contribution in [-0.2, 0) is 0 Å². The van der Waals surface area contributed by atoms with Crippen LogP contribution in [0.2, 0.25) is 0 Å². The summed E-state index contributed by atoms with van der Waals surface area (Å²) in [7, 11) is 0. The zero-order valence-electron chi connectivity index (χ0n) is 11.9. The highest BCUT2D eigenvalue weighted by atomic mass is 14.5. The van der Waals surface area contributed by atoms with E-state index in [-0.39, 0.29) is 0 Å². The van der Waals surface area contributed by atoms with Gasteiger partial charge in [-0.2, -0.15) is 0 Å². The second kappa shape index (κ2) is 4.11. The fourth-order valence-electron chi connectivity index (χ4n) is 2.96. The standard InChI is InChI=1S/C15H30/c1-11(2)14(4,5)12(3)15(6,7)13-9-8-10-13/h11-13H,8-10H2,1-7H3. The minimum atomic E-state index is 0.457. The Kier molecular flexibility index (Phi) is 3.58. The van der Waals surface area contributed by atoms with Gasteiger partial charge in [-0.25, -0.2) is 0 Å². The molecule has 0 amide bonds. The predicted molar refractivity (Wildman–Crippen MR) is 68.9 cm³/mol. The summed E-state index contributed by atoms with van der Waals surface area (Å²) in [6, 6.07) is 0. The fraction of sp³-hybridized carbons (Fsp3) is 1.00. The number of hydrogen-bond acceptors (Lipinski definition) is 0. The molecular formula is C15H30. The quantitative estimate of drug-likeness (QED) is 0.603. The molecule has 1 rings (SSSR count). The SMILES string of the molecule is CC(C)C(C)(C)C(C)C(C)(C)C1CCC1. The van der Waals surface area contributed by atoms with Gasteiger partial charge < -0.3 is 0 Å². The molecule has 15 heavy (non-hydrogen) atoms. The van der Waals surface area contributed by atoms with Gasteiger partial charge in [-0.3, -0.25) is 0 Å². The smallest absolute Gasteiger partial charge is 0.0295 e. The van der Waals surface area contributed by atoms with E-state index in [4.69, 9.17) is 0 Å². The first-order valence-electron chi connectivity index (χ1n) is 6.70. The van der Waals surface area contributed by atoms with Crippen molar-refractivity contribution in [2.75, 3.05) is 0 Å². The molecule has 0 saturated heterocycles. The molecule has 0 aromatic carbocycles. The molecule has 1 fully saturated rings. The first-order valence-corrected chi connectivity index (χ1v) is 6.70. The van der Waals surface area contributed by atoms with Gasteiger partial charge in [0.25, 0.3) is 0 Å². The lowest BCUT2D eigenvalue weighted by Crippen LogP contribution is -2.43. The number of rotatable bonds is 4. The Balaban J connectivity index is 2.77. The summed E-state index contributed by atoms with van der Waals surface area (Å²) in [4.78, 5) is 0. The van der Waals surface area contributed by atoms with Gasteiger partial charge in [-0.05, 0) is 41.4 Å². The van der Waals surface area contributed by atoms with Crippen LogP contribution in [0.4, 0.5) is 0 Å². The van der Waals surface area contributed by atoms with Crippen molar-refractivity contribution in [1.82, 2.24) is 0 Å². The van der Waals surface area contributed by atoms with E-state index in [1.807, 2.05) is 0 Å². The molecule has 1 saturated carbocycles. The molecule has 90 valence electrons. The van der Waals surface area contributed by atoms with Crippen molar-refractivity contribution in [2.45, 2.75) is 67.7 Å². The maximum Gasteiger partial charge on any atom is -0.0295 e. The maximum atomic E-state index is 2.49. The summed E-state index contributed by atoms with van der Waals surface area (Å²) < 4.78 is 0.